The minimum atomic E-state index is -0.926. The zero-order valence-electron chi connectivity index (χ0n) is 9.06. The Kier molecular flexibility index (Phi) is 3.10. The van der Waals surface area contributed by atoms with Gasteiger partial charge in [0.2, 0.25) is 0 Å². The van der Waals surface area contributed by atoms with Crippen LogP contribution in [0.15, 0.2) is 35.0 Å². The standard InChI is InChI=1S/C12H15NO3/c1-9(12(14)15)7-13(10-4-5-10)8-11-3-2-6-16-11/h2-3,6,10H,1,4-5,7-8H2,(H,14,15). The van der Waals surface area contributed by atoms with Crippen molar-refractivity contribution in [1.82, 2.24) is 4.90 Å². The van der Waals surface area contributed by atoms with Crippen LogP contribution in [0.1, 0.15) is 18.6 Å². The number of carboxylic acids is 1. The van der Waals surface area contributed by atoms with Crippen molar-refractivity contribution in [3.05, 3.63) is 36.3 Å². The van der Waals surface area contributed by atoms with E-state index in [4.69, 9.17) is 9.52 Å². The first-order chi connectivity index (χ1) is 7.66. The SMILES string of the molecule is C=C(CN(Cc1ccco1)C1CC1)C(=O)O. The molecule has 0 bridgehead atoms. The third-order valence-electron chi connectivity index (χ3n) is 2.70. The lowest BCUT2D eigenvalue weighted by Crippen LogP contribution is -2.29. The molecule has 1 saturated carbocycles. The normalized spacial score (nSPS) is 15.3. The van der Waals surface area contributed by atoms with Gasteiger partial charge in [-0.05, 0) is 25.0 Å². The third-order valence-corrected chi connectivity index (χ3v) is 2.70. The number of carbonyl (C=O) groups is 1. The molecule has 0 saturated heterocycles. The van der Waals surface area contributed by atoms with Crippen LogP contribution in [0, 0.1) is 0 Å². The summed E-state index contributed by atoms with van der Waals surface area (Å²) in [6.45, 7) is 4.62. The Morgan fingerprint density at radius 3 is 2.88 bits per heavy atom. The molecule has 1 fully saturated rings. The lowest BCUT2D eigenvalue weighted by Gasteiger charge is -2.20. The number of carboxylic acid groups (broad SMARTS) is 1. The van der Waals surface area contributed by atoms with Crippen LogP contribution in [0.3, 0.4) is 0 Å². The number of hydrogen-bond donors (Lipinski definition) is 1. The number of aliphatic carboxylic acids is 1. The molecule has 4 nitrogen and oxygen atoms in total. The molecule has 0 aromatic carbocycles. The van der Waals surface area contributed by atoms with Gasteiger partial charge in [0.05, 0.1) is 12.8 Å². The van der Waals surface area contributed by atoms with Crippen LogP contribution in [0.2, 0.25) is 0 Å². The van der Waals surface area contributed by atoms with Crippen LogP contribution in [0.4, 0.5) is 0 Å². The lowest BCUT2D eigenvalue weighted by atomic mass is 10.2. The van der Waals surface area contributed by atoms with Gasteiger partial charge < -0.3 is 9.52 Å². The fourth-order valence-corrected chi connectivity index (χ4v) is 1.67. The highest BCUT2D eigenvalue weighted by Gasteiger charge is 2.30. The van der Waals surface area contributed by atoms with Crippen LogP contribution in [0.25, 0.3) is 0 Å². The third kappa shape index (κ3) is 2.73. The second-order valence-corrected chi connectivity index (χ2v) is 4.12. The molecular formula is C12H15NO3. The van der Waals surface area contributed by atoms with E-state index in [1.165, 1.54) is 0 Å². The smallest absolute Gasteiger partial charge is 0.332 e. The van der Waals surface area contributed by atoms with Gasteiger partial charge in [-0.1, -0.05) is 6.58 Å². The molecule has 1 aromatic heterocycles. The molecular weight excluding hydrogens is 206 g/mol. The number of hydrogen-bond acceptors (Lipinski definition) is 3. The van der Waals surface area contributed by atoms with Crippen molar-refractivity contribution < 1.29 is 14.3 Å². The minimum absolute atomic E-state index is 0.235. The van der Waals surface area contributed by atoms with Crippen molar-refractivity contribution >= 4 is 5.97 Å². The van der Waals surface area contributed by atoms with Crippen LogP contribution < -0.4 is 0 Å². The Bertz CT molecular complexity index is 379. The summed E-state index contributed by atoms with van der Waals surface area (Å²) in [7, 11) is 0. The van der Waals surface area contributed by atoms with E-state index < -0.39 is 5.97 Å². The molecule has 16 heavy (non-hydrogen) atoms. The van der Waals surface area contributed by atoms with E-state index in [1.54, 1.807) is 6.26 Å². The minimum Gasteiger partial charge on any atom is -0.478 e. The second kappa shape index (κ2) is 4.53. The predicted octanol–water partition coefficient (Wildman–Crippen LogP) is 1.88. The lowest BCUT2D eigenvalue weighted by molar-refractivity contribution is -0.132. The van der Waals surface area contributed by atoms with E-state index in [1.807, 2.05) is 12.1 Å². The monoisotopic (exact) mass is 221 g/mol. The zero-order valence-corrected chi connectivity index (χ0v) is 9.06. The predicted molar refractivity (Wildman–Crippen MR) is 58.9 cm³/mol. The highest BCUT2D eigenvalue weighted by atomic mass is 16.4. The summed E-state index contributed by atoms with van der Waals surface area (Å²) in [6, 6.07) is 4.23. The molecule has 0 amide bonds. The fourth-order valence-electron chi connectivity index (χ4n) is 1.67. The molecule has 0 spiro atoms. The first-order valence-corrected chi connectivity index (χ1v) is 5.34. The first kappa shape index (κ1) is 11.0. The first-order valence-electron chi connectivity index (χ1n) is 5.34. The van der Waals surface area contributed by atoms with Gasteiger partial charge >= 0.3 is 5.97 Å². The van der Waals surface area contributed by atoms with Crippen molar-refractivity contribution in [3.63, 3.8) is 0 Å². The highest BCUT2D eigenvalue weighted by Crippen LogP contribution is 2.28. The molecule has 2 rings (SSSR count). The molecule has 0 unspecified atom stereocenters. The largest absolute Gasteiger partial charge is 0.478 e. The summed E-state index contributed by atoms with van der Waals surface area (Å²) >= 11 is 0. The van der Waals surface area contributed by atoms with E-state index in [-0.39, 0.29) is 5.57 Å². The Morgan fingerprint density at radius 2 is 2.38 bits per heavy atom. The van der Waals surface area contributed by atoms with E-state index >= 15 is 0 Å². The van der Waals surface area contributed by atoms with Crippen molar-refractivity contribution in [2.75, 3.05) is 6.54 Å². The Morgan fingerprint density at radius 1 is 1.62 bits per heavy atom. The van der Waals surface area contributed by atoms with E-state index in [0.29, 0.717) is 19.1 Å². The maximum Gasteiger partial charge on any atom is 0.332 e. The fraction of sp³-hybridized carbons (Fsp3) is 0.417. The average molecular weight is 221 g/mol. The van der Waals surface area contributed by atoms with Gasteiger partial charge in [-0.15, -0.1) is 0 Å². The van der Waals surface area contributed by atoms with Gasteiger partial charge in [0.1, 0.15) is 5.76 Å². The zero-order chi connectivity index (χ0) is 11.5. The summed E-state index contributed by atoms with van der Waals surface area (Å²) in [4.78, 5) is 12.8. The second-order valence-electron chi connectivity index (χ2n) is 4.12. The van der Waals surface area contributed by atoms with E-state index in [9.17, 15) is 4.79 Å². The van der Waals surface area contributed by atoms with Gasteiger partial charge in [-0.25, -0.2) is 4.79 Å². The Balaban J connectivity index is 1.95. The molecule has 1 aliphatic rings. The number of rotatable bonds is 6. The summed E-state index contributed by atoms with van der Waals surface area (Å²) < 4.78 is 5.27. The van der Waals surface area contributed by atoms with Crippen molar-refractivity contribution in [2.45, 2.75) is 25.4 Å². The van der Waals surface area contributed by atoms with Gasteiger partial charge in [-0.2, -0.15) is 0 Å². The molecule has 1 heterocycles. The summed E-state index contributed by atoms with van der Waals surface area (Å²) in [5.74, 6) is -0.0600. The quantitative estimate of drug-likeness (QED) is 0.745. The molecule has 86 valence electrons. The van der Waals surface area contributed by atoms with Crippen LogP contribution in [-0.4, -0.2) is 28.6 Å². The van der Waals surface area contributed by atoms with Crippen LogP contribution in [0.5, 0.6) is 0 Å². The van der Waals surface area contributed by atoms with Crippen molar-refractivity contribution in [3.8, 4) is 0 Å². The highest BCUT2D eigenvalue weighted by molar-refractivity contribution is 5.86. The molecule has 1 N–H and O–H groups in total. The van der Waals surface area contributed by atoms with Crippen LogP contribution >= 0.6 is 0 Å². The number of nitrogens with zero attached hydrogens (tertiary/aromatic N) is 1. The summed E-state index contributed by atoms with van der Waals surface area (Å²) in [5, 5.41) is 8.81. The van der Waals surface area contributed by atoms with Crippen LogP contribution in [-0.2, 0) is 11.3 Å². The van der Waals surface area contributed by atoms with Gasteiger partial charge in [-0.3, -0.25) is 4.90 Å². The number of furan rings is 1. The maximum absolute atomic E-state index is 10.7. The molecule has 1 aliphatic carbocycles. The van der Waals surface area contributed by atoms with E-state index in [0.717, 1.165) is 18.6 Å². The summed E-state index contributed by atoms with van der Waals surface area (Å²) in [5.41, 5.74) is 0.235. The average Bonchev–Trinajstić information content (AvgIpc) is 2.97. The van der Waals surface area contributed by atoms with Gasteiger partial charge in [0.15, 0.2) is 0 Å². The maximum atomic E-state index is 10.7. The Hall–Kier alpha value is -1.55. The Labute approximate surface area is 94.2 Å². The van der Waals surface area contributed by atoms with Crippen molar-refractivity contribution in [1.29, 1.82) is 0 Å². The van der Waals surface area contributed by atoms with Crippen molar-refractivity contribution in [2.24, 2.45) is 0 Å². The molecule has 0 radical (unpaired) electrons. The molecule has 0 atom stereocenters. The van der Waals surface area contributed by atoms with Gasteiger partial charge in [0.25, 0.3) is 0 Å². The molecule has 4 heteroatoms. The van der Waals surface area contributed by atoms with E-state index in [2.05, 4.69) is 11.5 Å². The van der Waals surface area contributed by atoms with Gasteiger partial charge in [0, 0.05) is 18.2 Å². The topological polar surface area (TPSA) is 53.7 Å². The molecule has 0 aliphatic heterocycles. The summed E-state index contributed by atoms with van der Waals surface area (Å²) in [6.07, 6.45) is 3.90. The molecule has 1 aromatic rings.